The summed E-state index contributed by atoms with van der Waals surface area (Å²) in [4.78, 5) is 37.5. The van der Waals surface area contributed by atoms with Gasteiger partial charge in [-0.2, -0.15) is 0 Å². The van der Waals surface area contributed by atoms with Gasteiger partial charge in [-0.15, -0.1) is 0 Å². The Bertz CT molecular complexity index is 762. The second-order valence-corrected chi connectivity index (χ2v) is 8.03. The zero-order valence-corrected chi connectivity index (χ0v) is 16.7. The van der Waals surface area contributed by atoms with E-state index in [1.807, 2.05) is 26.0 Å². The maximum absolute atomic E-state index is 12.8. The number of Topliss-reactive ketones (excluding diaryl/α,β-unsaturated/α-hetero) is 1. The van der Waals surface area contributed by atoms with Crippen LogP contribution < -0.4 is 16.0 Å². The van der Waals surface area contributed by atoms with Crippen LogP contribution in [0.25, 0.3) is 0 Å². The van der Waals surface area contributed by atoms with Crippen molar-refractivity contribution in [2.45, 2.75) is 58.2 Å². The first-order valence-electron chi connectivity index (χ1n) is 9.97. The lowest BCUT2D eigenvalue weighted by Crippen LogP contribution is -2.53. The summed E-state index contributed by atoms with van der Waals surface area (Å²) >= 11 is 0. The maximum atomic E-state index is 12.8. The summed E-state index contributed by atoms with van der Waals surface area (Å²) in [7, 11) is 0. The molecule has 0 radical (unpaired) electrons. The molecule has 7 nitrogen and oxygen atoms in total. The number of carbonyl (C=O) groups excluding carboxylic acids is 3. The lowest BCUT2D eigenvalue weighted by atomic mass is 9.99. The Balaban J connectivity index is 1.70. The normalized spacial score (nSPS) is 22.4. The summed E-state index contributed by atoms with van der Waals surface area (Å²) in [6, 6.07) is 4.21. The van der Waals surface area contributed by atoms with Crippen LogP contribution in [0.2, 0.25) is 0 Å². The van der Waals surface area contributed by atoms with Crippen molar-refractivity contribution in [3.05, 3.63) is 29.3 Å². The van der Waals surface area contributed by atoms with Gasteiger partial charge in [0.15, 0.2) is 5.78 Å². The highest BCUT2D eigenvalue weighted by molar-refractivity contribution is 5.99. The molecule has 1 aromatic carbocycles. The Morgan fingerprint density at radius 3 is 2.79 bits per heavy atom. The zero-order chi connectivity index (χ0) is 20.3. The number of carbonyl (C=O) groups is 3. The van der Waals surface area contributed by atoms with Gasteiger partial charge in [0.2, 0.25) is 5.91 Å². The summed E-state index contributed by atoms with van der Waals surface area (Å²) in [6.07, 6.45) is 2.09. The molecule has 0 saturated carbocycles. The molecule has 2 aliphatic rings. The van der Waals surface area contributed by atoms with Crippen molar-refractivity contribution in [3.63, 3.8) is 0 Å². The number of rotatable bonds is 6. The molecular formula is C21H29N3O4. The Hall–Kier alpha value is -2.41. The second-order valence-electron chi connectivity index (χ2n) is 8.03. The molecule has 2 aliphatic heterocycles. The lowest BCUT2D eigenvalue weighted by molar-refractivity contribution is -0.127. The molecule has 0 aliphatic carbocycles. The number of ether oxygens (including phenoxy) is 1. The minimum atomic E-state index is -0.706. The number of nitrogens with one attached hydrogen (secondary N) is 3. The van der Waals surface area contributed by atoms with Crippen LogP contribution in [-0.4, -0.2) is 48.9 Å². The van der Waals surface area contributed by atoms with E-state index in [9.17, 15) is 14.4 Å². The van der Waals surface area contributed by atoms with Gasteiger partial charge in [-0.05, 0) is 55.9 Å². The van der Waals surface area contributed by atoms with Crippen LogP contribution in [0.15, 0.2) is 18.2 Å². The average Bonchev–Trinajstić information content (AvgIpc) is 2.98. The topological polar surface area (TPSA) is 96.5 Å². The van der Waals surface area contributed by atoms with E-state index in [4.69, 9.17) is 4.74 Å². The maximum Gasteiger partial charge on any atom is 0.251 e. The number of hydrogen-bond acceptors (Lipinski definition) is 5. The Labute approximate surface area is 165 Å². The molecule has 152 valence electrons. The fourth-order valence-electron chi connectivity index (χ4n) is 3.67. The summed E-state index contributed by atoms with van der Waals surface area (Å²) in [5, 5.41) is 8.93. The van der Waals surface area contributed by atoms with Gasteiger partial charge in [0, 0.05) is 17.8 Å². The number of hydrogen-bond donors (Lipinski definition) is 3. The van der Waals surface area contributed by atoms with Crippen LogP contribution >= 0.6 is 0 Å². The first kappa shape index (κ1) is 20.3. The zero-order valence-electron chi connectivity index (χ0n) is 16.7. The highest BCUT2D eigenvalue weighted by Crippen LogP contribution is 2.23. The SMILES string of the molecule is CC(C)CC(NC(=O)c1ccc2c(c1)CCCN2)C(=O)N[C@@H]1C(=O)CO[C@@H]1C. The van der Waals surface area contributed by atoms with Gasteiger partial charge in [-0.1, -0.05) is 13.8 Å². The molecule has 2 amide bonds. The average molecular weight is 387 g/mol. The molecule has 3 atom stereocenters. The van der Waals surface area contributed by atoms with Crippen molar-refractivity contribution in [1.82, 2.24) is 10.6 Å². The van der Waals surface area contributed by atoms with Gasteiger partial charge in [0.05, 0.1) is 6.10 Å². The standard InChI is InChI=1S/C21H29N3O4/c1-12(2)9-17(21(27)24-19-13(3)28-11-18(19)25)23-20(26)15-6-7-16-14(10-15)5-4-8-22-16/h6-7,10,12-13,17,19,22H,4-5,8-9,11H2,1-3H3,(H,23,26)(H,24,27)/t13-,17?,19+/m1/s1. The molecule has 3 N–H and O–H groups in total. The minimum absolute atomic E-state index is 0.0104. The molecule has 1 unspecified atom stereocenters. The summed E-state index contributed by atoms with van der Waals surface area (Å²) in [6.45, 7) is 6.69. The Morgan fingerprint density at radius 2 is 2.11 bits per heavy atom. The number of aryl methyl sites for hydroxylation is 1. The van der Waals surface area contributed by atoms with Gasteiger partial charge in [-0.3, -0.25) is 14.4 Å². The quantitative estimate of drug-likeness (QED) is 0.690. The van der Waals surface area contributed by atoms with Crippen molar-refractivity contribution >= 4 is 23.3 Å². The van der Waals surface area contributed by atoms with Gasteiger partial charge in [-0.25, -0.2) is 0 Å². The van der Waals surface area contributed by atoms with E-state index in [0.29, 0.717) is 12.0 Å². The lowest BCUT2D eigenvalue weighted by Gasteiger charge is -2.23. The molecule has 28 heavy (non-hydrogen) atoms. The largest absolute Gasteiger partial charge is 0.385 e. The highest BCUT2D eigenvalue weighted by atomic mass is 16.5. The van der Waals surface area contributed by atoms with E-state index in [1.165, 1.54) is 0 Å². The van der Waals surface area contributed by atoms with Crippen LogP contribution in [0.5, 0.6) is 0 Å². The van der Waals surface area contributed by atoms with Gasteiger partial charge in [0.25, 0.3) is 5.91 Å². The van der Waals surface area contributed by atoms with Gasteiger partial charge >= 0.3 is 0 Å². The van der Waals surface area contributed by atoms with E-state index < -0.39 is 12.1 Å². The number of ketones is 1. The minimum Gasteiger partial charge on any atom is -0.385 e. The van der Waals surface area contributed by atoms with E-state index in [2.05, 4.69) is 16.0 Å². The van der Waals surface area contributed by atoms with Crippen molar-refractivity contribution in [3.8, 4) is 0 Å². The monoisotopic (exact) mass is 387 g/mol. The number of anilines is 1. The fraction of sp³-hybridized carbons (Fsp3) is 0.571. The van der Waals surface area contributed by atoms with Crippen molar-refractivity contribution < 1.29 is 19.1 Å². The Kier molecular flexibility index (Phi) is 6.34. The molecule has 0 bridgehead atoms. The number of amides is 2. The summed E-state index contributed by atoms with van der Waals surface area (Å²) < 4.78 is 5.29. The van der Waals surface area contributed by atoms with E-state index in [0.717, 1.165) is 30.6 Å². The fourth-order valence-corrected chi connectivity index (χ4v) is 3.67. The third kappa shape index (κ3) is 4.70. The molecule has 1 saturated heterocycles. The predicted octanol–water partition coefficient (Wildman–Crippen LogP) is 1.66. The molecule has 3 rings (SSSR count). The summed E-state index contributed by atoms with van der Waals surface area (Å²) in [5.41, 5.74) is 2.72. The first-order chi connectivity index (χ1) is 13.3. The smallest absolute Gasteiger partial charge is 0.251 e. The molecule has 0 spiro atoms. The van der Waals surface area contributed by atoms with Crippen LogP contribution in [0.3, 0.4) is 0 Å². The molecule has 0 aromatic heterocycles. The van der Waals surface area contributed by atoms with Crippen LogP contribution in [-0.2, 0) is 20.7 Å². The molecule has 7 heteroatoms. The van der Waals surface area contributed by atoms with Crippen molar-refractivity contribution in [2.75, 3.05) is 18.5 Å². The van der Waals surface area contributed by atoms with Crippen molar-refractivity contribution in [2.24, 2.45) is 5.92 Å². The predicted molar refractivity (Wildman–Crippen MR) is 106 cm³/mol. The van der Waals surface area contributed by atoms with Crippen LogP contribution in [0.4, 0.5) is 5.69 Å². The molecule has 2 heterocycles. The Morgan fingerprint density at radius 1 is 1.32 bits per heavy atom. The van der Waals surface area contributed by atoms with E-state index in [-0.39, 0.29) is 36.2 Å². The molecule has 1 aromatic rings. The first-order valence-corrected chi connectivity index (χ1v) is 9.97. The molecular weight excluding hydrogens is 358 g/mol. The third-order valence-corrected chi connectivity index (χ3v) is 5.24. The van der Waals surface area contributed by atoms with Gasteiger partial charge < -0.3 is 20.7 Å². The van der Waals surface area contributed by atoms with E-state index in [1.54, 1.807) is 13.0 Å². The van der Waals surface area contributed by atoms with Crippen molar-refractivity contribution in [1.29, 1.82) is 0 Å². The number of benzene rings is 1. The van der Waals surface area contributed by atoms with Crippen LogP contribution in [0.1, 0.15) is 49.5 Å². The number of fused-ring (bicyclic) bond motifs is 1. The van der Waals surface area contributed by atoms with Crippen LogP contribution in [0, 0.1) is 5.92 Å². The van der Waals surface area contributed by atoms with E-state index >= 15 is 0 Å². The highest BCUT2D eigenvalue weighted by Gasteiger charge is 2.35. The summed E-state index contributed by atoms with van der Waals surface area (Å²) in [5.74, 6) is -0.567. The third-order valence-electron chi connectivity index (χ3n) is 5.24. The molecule has 1 fully saturated rings. The van der Waals surface area contributed by atoms with Gasteiger partial charge in [0.1, 0.15) is 18.7 Å². The second kappa shape index (κ2) is 8.73.